The summed E-state index contributed by atoms with van der Waals surface area (Å²) in [7, 11) is 3.54. The molecule has 5 heteroatoms. The van der Waals surface area contributed by atoms with E-state index in [0.29, 0.717) is 31.6 Å². The third-order valence-electron chi connectivity index (χ3n) is 3.81. The molecule has 0 spiro atoms. The van der Waals surface area contributed by atoms with E-state index in [0.717, 1.165) is 16.9 Å². The van der Waals surface area contributed by atoms with Gasteiger partial charge < -0.3 is 14.5 Å². The normalized spacial score (nSPS) is 18.6. The van der Waals surface area contributed by atoms with Gasteiger partial charge in [0.1, 0.15) is 5.75 Å². The maximum Gasteiger partial charge on any atom is 0.230 e. The van der Waals surface area contributed by atoms with Gasteiger partial charge in [-0.3, -0.25) is 9.59 Å². The Hall–Kier alpha value is -2.04. The maximum atomic E-state index is 11.8. The molecule has 3 rings (SSSR count). The molecule has 2 amide bonds. The summed E-state index contributed by atoms with van der Waals surface area (Å²) in [4.78, 5) is 26.9. The molecular formula is C14H16N2O3. The maximum absolute atomic E-state index is 11.8. The van der Waals surface area contributed by atoms with Gasteiger partial charge in [0.2, 0.25) is 11.8 Å². The number of amides is 2. The molecule has 0 bridgehead atoms. The number of hydrogen-bond donors (Lipinski definition) is 0. The minimum absolute atomic E-state index is 0.0546. The molecule has 2 aliphatic rings. The van der Waals surface area contributed by atoms with Crippen LogP contribution >= 0.6 is 0 Å². The summed E-state index contributed by atoms with van der Waals surface area (Å²) in [5.41, 5.74) is 2.77. The first kappa shape index (κ1) is 12.0. The zero-order chi connectivity index (χ0) is 13.6. The van der Waals surface area contributed by atoms with Gasteiger partial charge in [0.15, 0.2) is 0 Å². The zero-order valence-corrected chi connectivity index (χ0v) is 11.1. The Kier molecular flexibility index (Phi) is 2.69. The minimum atomic E-state index is 0.0546. The molecule has 0 atom stereocenters. The van der Waals surface area contributed by atoms with E-state index in [1.54, 1.807) is 23.9 Å². The van der Waals surface area contributed by atoms with Crippen LogP contribution in [0.3, 0.4) is 0 Å². The highest BCUT2D eigenvalue weighted by Crippen LogP contribution is 2.39. The number of hydrogen-bond acceptors (Lipinski definition) is 3. The van der Waals surface area contributed by atoms with E-state index in [4.69, 9.17) is 4.74 Å². The number of carbonyl (C=O) groups excluding carboxylic acids is 2. The number of nitrogens with zero attached hydrogens (tertiary/aromatic N) is 2. The van der Waals surface area contributed by atoms with E-state index in [-0.39, 0.29) is 11.8 Å². The Bertz CT molecular complexity index is 568. The molecule has 2 heterocycles. The minimum Gasteiger partial charge on any atom is -0.491 e. The number of rotatable bonds is 0. The van der Waals surface area contributed by atoms with Gasteiger partial charge in [-0.25, -0.2) is 0 Å². The molecule has 2 aliphatic heterocycles. The highest BCUT2D eigenvalue weighted by molar-refractivity contribution is 5.99. The number of anilines is 2. The fraction of sp³-hybridized carbons (Fsp3) is 0.429. The molecule has 1 aromatic carbocycles. The van der Waals surface area contributed by atoms with Crippen molar-refractivity contribution < 1.29 is 14.3 Å². The second-order valence-electron chi connectivity index (χ2n) is 4.95. The molecule has 0 saturated heterocycles. The SMILES string of the molecule is CN1C(=O)CCc2cc3c(cc21)OCCC(=O)N3C. The van der Waals surface area contributed by atoms with Gasteiger partial charge >= 0.3 is 0 Å². The quantitative estimate of drug-likeness (QED) is 0.707. The molecular weight excluding hydrogens is 244 g/mol. The first-order chi connectivity index (χ1) is 9.08. The van der Waals surface area contributed by atoms with Crippen molar-refractivity contribution in [3.05, 3.63) is 17.7 Å². The van der Waals surface area contributed by atoms with Crippen LogP contribution in [0.15, 0.2) is 12.1 Å². The lowest BCUT2D eigenvalue weighted by molar-refractivity contribution is -0.119. The van der Waals surface area contributed by atoms with E-state index in [1.807, 2.05) is 12.1 Å². The molecule has 0 fully saturated rings. The van der Waals surface area contributed by atoms with Crippen molar-refractivity contribution in [3.8, 4) is 5.75 Å². The molecule has 5 nitrogen and oxygen atoms in total. The van der Waals surface area contributed by atoms with Crippen molar-refractivity contribution in [1.82, 2.24) is 0 Å². The van der Waals surface area contributed by atoms with E-state index in [1.165, 1.54) is 0 Å². The monoisotopic (exact) mass is 260 g/mol. The predicted octanol–water partition coefficient (Wildman–Crippen LogP) is 1.34. The van der Waals surface area contributed by atoms with Gasteiger partial charge in [0, 0.05) is 26.6 Å². The van der Waals surface area contributed by atoms with E-state index in [9.17, 15) is 9.59 Å². The van der Waals surface area contributed by atoms with Gasteiger partial charge in [-0.05, 0) is 18.1 Å². The molecule has 0 unspecified atom stereocenters. The smallest absolute Gasteiger partial charge is 0.230 e. The number of ether oxygens (including phenoxy) is 1. The lowest BCUT2D eigenvalue weighted by atomic mass is 10.00. The van der Waals surface area contributed by atoms with Crippen molar-refractivity contribution in [3.63, 3.8) is 0 Å². The van der Waals surface area contributed by atoms with E-state index < -0.39 is 0 Å². The largest absolute Gasteiger partial charge is 0.491 e. The van der Waals surface area contributed by atoms with Crippen molar-refractivity contribution in [2.45, 2.75) is 19.3 Å². The zero-order valence-electron chi connectivity index (χ0n) is 11.1. The number of fused-ring (bicyclic) bond motifs is 2. The molecule has 1 aromatic rings. The highest BCUT2D eigenvalue weighted by atomic mass is 16.5. The van der Waals surface area contributed by atoms with Crippen LogP contribution in [0.5, 0.6) is 5.75 Å². The van der Waals surface area contributed by atoms with Crippen molar-refractivity contribution >= 4 is 23.2 Å². The third kappa shape index (κ3) is 1.85. The van der Waals surface area contributed by atoms with Crippen LogP contribution in [0, 0.1) is 0 Å². The molecule has 0 aliphatic carbocycles. The average Bonchev–Trinajstić information content (AvgIpc) is 2.54. The fourth-order valence-electron chi connectivity index (χ4n) is 2.59. The Morgan fingerprint density at radius 1 is 0.947 bits per heavy atom. The summed E-state index contributed by atoms with van der Waals surface area (Å²) in [6.07, 6.45) is 1.61. The van der Waals surface area contributed by atoms with Gasteiger partial charge in [0.05, 0.1) is 24.4 Å². The van der Waals surface area contributed by atoms with Crippen LogP contribution in [0.4, 0.5) is 11.4 Å². The van der Waals surface area contributed by atoms with Crippen LogP contribution in [-0.2, 0) is 16.0 Å². The summed E-state index contributed by atoms with van der Waals surface area (Å²) >= 11 is 0. The first-order valence-corrected chi connectivity index (χ1v) is 6.41. The van der Waals surface area contributed by atoms with Gasteiger partial charge in [0.25, 0.3) is 0 Å². The molecule has 0 radical (unpaired) electrons. The number of carbonyl (C=O) groups is 2. The van der Waals surface area contributed by atoms with Gasteiger partial charge in [-0.1, -0.05) is 0 Å². The Morgan fingerprint density at radius 3 is 2.42 bits per heavy atom. The average molecular weight is 260 g/mol. The summed E-state index contributed by atoms with van der Waals surface area (Å²) < 4.78 is 5.64. The Labute approximate surface area is 111 Å². The van der Waals surface area contributed by atoms with Crippen LogP contribution < -0.4 is 14.5 Å². The second kappa shape index (κ2) is 4.26. The fourth-order valence-corrected chi connectivity index (χ4v) is 2.59. The lowest BCUT2D eigenvalue weighted by Gasteiger charge is -2.28. The summed E-state index contributed by atoms with van der Waals surface area (Å²) in [5.74, 6) is 0.845. The van der Waals surface area contributed by atoms with E-state index in [2.05, 4.69) is 0 Å². The van der Waals surface area contributed by atoms with Crippen LogP contribution in [0.2, 0.25) is 0 Å². The molecule has 0 saturated carbocycles. The highest BCUT2D eigenvalue weighted by Gasteiger charge is 2.26. The van der Waals surface area contributed by atoms with Crippen LogP contribution in [0.1, 0.15) is 18.4 Å². The van der Waals surface area contributed by atoms with E-state index >= 15 is 0 Å². The van der Waals surface area contributed by atoms with Crippen LogP contribution in [-0.4, -0.2) is 32.5 Å². The molecule has 19 heavy (non-hydrogen) atoms. The molecule has 100 valence electrons. The second-order valence-corrected chi connectivity index (χ2v) is 4.95. The predicted molar refractivity (Wildman–Crippen MR) is 71.7 cm³/mol. The summed E-state index contributed by atoms with van der Waals surface area (Å²) in [6.45, 7) is 0.382. The summed E-state index contributed by atoms with van der Waals surface area (Å²) in [6, 6.07) is 3.84. The van der Waals surface area contributed by atoms with Crippen LogP contribution in [0.25, 0.3) is 0 Å². The number of aryl methyl sites for hydroxylation is 1. The standard InChI is InChI=1S/C14H16N2O3/c1-15-10-8-12-11(7-9(10)3-4-13(15)17)16(2)14(18)5-6-19-12/h7-8H,3-6H2,1-2H3. The van der Waals surface area contributed by atoms with Gasteiger partial charge in [-0.2, -0.15) is 0 Å². The topological polar surface area (TPSA) is 49.9 Å². The lowest BCUT2D eigenvalue weighted by Crippen LogP contribution is -2.31. The number of benzene rings is 1. The van der Waals surface area contributed by atoms with Crippen molar-refractivity contribution in [2.24, 2.45) is 0 Å². The van der Waals surface area contributed by atoms with Crippen molar-refractivity contribution in [2.75, 3.05) is 30.5 Å². The third-order valence-corrected chi connectivity index (χ3v) is 3.81. The first-order valence-electron chi connectivity index (χ1n) is 6.41. The Balaban J connectivity index is 2.12. The van der Waals surface area contributed by atoms with Gasteiger partial charge in [-0.15, -0.1) is 0 Å². The Morgan fingerprint density at radius 2 is 1.63 bits per heavy atom. The van der Waals surface area contributed by atoms with Crippen molar-refractivity contribution in [1.29, 1.82) is 0 Å². The summed E-state index contributed by atoms with van der Waals surface area (Å²) in [5, 5.41) is 0. The molecule has 0 N–H and O–H groups in total. The molecule has 0 aromatic heterocycles.